The van der Waals surface area contributed by atoms with Gasteiger partial charge in [-0.15, -0.1) is 23.1 Å². The molecule has 1 rings (SSSR count). The summed E-state index contributed by atoms with van der Waals surface area (Å²) in [6.07, 6.45) is 1.96. The van der Waals surface area contributed by atoms with Gasteiger partial charge >= 0.3 is 0 Å². The highest BCUT2D eigenvalue weighted by Crippen LogP contribution is 2.26. The van der Waals surface area contributed by atoms with Crippen molar-refractivity contribution in [2.24, 2.45) is 0 Å². The van der Waals surface area contributed by atoms with E-state index in [1.54, 1.807) is 16.7 Å². The third kappa shape index (κ3) is 2.96. The number of hydrogen-bond donors (Lipinski definition) is 1. The Morgan fingerprint density at radius 3 is 2.93 bits per heavy atom. The fourth-order valence-corrected chi connectivity index (χ4v) is 2.99. The van der Waals surface area contributed by atoms with Crippen molar-refractivity contribution in [3.05, 3.63) is 16.3 Å². The third-order valence-electron chi connectivity index (χ3n) is 2.08. The Bertz CT molecular complexity index is 325. The molecular weight excluding hydrogens is 230 g/mol. The van der Waals surface area contributed by atoms with Crippen LogP contribution in [-0.2, 0) is 0 Å². The second-order valence-electron chi connectivity index (χ2n) is 2.93. The Morgan fingerprint density at radius 1 is 1.67 bits per heavy atom. The lowest BCUT2D eigenvalue weighted by Crippen LogP contribution is -2.33. The van der Waals surface area contributed by atoms with Crippen molar-refractivity contribution >= 4 is 29.0 Å². The Hall–Kier alpha value is -0.520. The van der Waals surface area contributed by atoms with E-state index in [0.29, 0.717) is 13.1 Å². The predicted octanol–water partition coefficient (Wildman–Crippen LogP) is 1.92. The number of rotatable bonds is 5. The van der Waals surface area contributed by atoms with Crippen LogP contribution in [0, 0.1) is 0 Å². The van der Waals surface area contributed by atoms with Crippen LogP contribution in [0.25, 0.3) is 0 Å². The monoisotopic (exact) mass is 245 g/mol. The lowest BCUT2D eigenvalue weighted by atomic mass is 10.4. The first-order valence-electron chi connectivity index (χ1n) is 4.76. The van der Waals surface area contributed by atoms with E-state index in [1.807, 2.05) is 24.6 Å². The molecule has 0 saturated heterocycles. The van der Waals surface area contributed by atoms with Gasteiger partial charge in [0.05, 0.1) is 6.61 Å². The van der Waals surface area contributed by atoms with Gasteiger partial charge in [-0.1, -0.05) is 0 Å². The molecule has 0 unspecified atom stereocenters. The Morgan fingerprint density at radius 2 is 2.40 bits per heavy atom. The van der Waals surface area contributed by atoms with Crippen molar-refractivity contribution in [2.45, 2.75) is 11.8 Å². The summed E-state index contributed by atoms with van der Waals surface area (Å²) in [6.45, 7) is 2.96. The second kappa shape index (κ2) is 6.15. The molecule has 0 bridgehead atoms. The summed E-state index contributed by atoms with van der Waals surface area (Å²) in [5.74, 6) is 0.0194. The summed E-state index contributed by atoms with van der Waals surface area (Å²) in [7, 11) is 0. The lowest BCUT2D eigenvalue weighted by molar-refractivity contribution is 0.0734. The Balaban J connectivity index is 2.82. The molecule has 0 aliphatic carbocycles. The van der Waals surface area contributed by atoms with Crippen molar-refractivity contribution < 1.29 is 9.90 Å². The van der Waals surface area contributed by atoms with E-state index in [0.717, 1.165) is 9.77 Å². The first-order valence-corrected chi connectivity index (χ1v) is 6.86. The standard InChI is InChI=1S/C10H15NO2S2/c1-3-11(5-6-12)10(13)9-8(14-2)4-7-15-9/h4,7,12H,3,5-6H2,1-2H3. The van der Waals surface area contributed by atoms with Gasteiger partial charge in [-0.3, -0.25) is 4.79 Å². The van der Waals surface area contributed by atoms with Crippen LogP contribution in [0.2, 0.25) is 0 Å². The number of thiophene rings is 1. The van der Waals surface area contributed by atoms with Crippen LogP contribution in [0.15, 0.2) is 16.3 Å². The highest BCUT2D eigenvalue weighted by atomic mass is 32.2. The van der Waals surface area contributed by atoms with E-state index < -0.39 is 0 Å². The minimum absolute atomic E-state index is 0.0134. The van der Waals surface area contributed by atoms with Crippen LogP contribution in [0.3, 0.4) is 0 Å². The molecule has 0 aliphatic rings. The van der Waals surface area contributed by atoms with Crippen molar-refractivity contribution in [2.75, 3.05) is 26.0 Å². The van der Waals surface area contributed by atoms with Gasteiger partial charge in [0.1, 0.15) is 4.88 Å². The molecule has 1 aromatic rings. The molecule has 3 nitrogen and oxygen atoms in total. The van der Waals surface area contributed by atoms with Crippen LogP contribution >= 0.6 is 23.1 Å². The van der Waals surface area contributed by atoms with Crippen LogP contribution in [0.4, 0.5) is 0 Å². The fourth-order valence-electron chi connectivity index (χ4n) is 1.28. The molecule has 5 heteroatoms. The van der Waals surface area contributed by atoms with Crippen molar-refractivity contribution in [1.82, 2.24) is 4.90 Å². The number of thioether (sulfide) groups is 1. The van der Waals surface area contributed by atoms with Crippen LogP contribution in [0.1, 0.15) is 16.6 Å². The molecule has 84 valence electrons. The molecule has 1 aromatic heterocycles. The van der Waals surface area contributed by atoms with Crippen LogP contribution in [0.5, 0.6) is 0 Å². The van der Waals surface area contributed by atoms with Crippen LogP contribution < -0.4 is 0 Å². The van der Waals surface area contributed by atoms with Gasteiger partial charge in [0.15, 0.2) is 0 Å². The maximum absolute atomic E-state index is 12.0. The number of likely N-dealkylation sites (N-methyl/N-ethyl adjacent to an activating group) is 1. The molecule has 1 N–H and O–H groups in total. The summed E-state index contributed by atoms with van der Waals surface area (Å²) in [6, 6.07) is 1.95. The third-order valence-corrected chi connectivity index (χ3v) is 3.89. The van der Waals surface area contributed by atoms with E-state index in [9.17, 15) is 4.79 Å². The summed E-state index contributed by atoms with van der Waals surface area (Å²) in [5, 5.41) is 10.8. The molecule has 0 spiro atoms. The molecule has 1 heterocycles. The second-order valence-corrected chi connectivity index (χ2v) is 4.69. The van der Waals surface area contributed by atoms with E-state index in [1.165, 1.54) is 11.3 Å². The fraction of sp³-hybridized carbons (Fsp3) is 0.500. The first kappa shape index (κ1) is 12.5. The molecular formula is C10H15NO2S2. The number of carbonyl (C=O) groups is 1. The highest BCUT2D eigenvalue weighted by Gasteiger charge is 2.18. The number of carbonyl (C=O) groups excluding carboxylic acids is 1. The largest absolute Gasteiger partial charge is 0.395 e. The molecule has 0 fully saturated rings. The van der Waals surface area contributed by atoms with E-state index in [4.69, 9.17) is 5.11 Å². The molecule has 1 amide bonds. The van der Waals surface area contributed by atoms with E-state index in [2.05, 4.69) is 0 Å². The van der Waals surface area contributed by atoms with Crippen molar-refractivity contribution in [3.8, 4) is 0 Å². The summed E-state index contributed by atoms with van der Waals surface area (Å²) in [5.41, 5.74) is 0. The molecule has 0 aliphatic heterocycles. The molecule has 0 atom stereocenters. The predicted molar refractivity (Wildman–Crippen MR) is 64.8 cm³/mol. The maximum Gasteiger partial charge on any atom is 0.265 e. The van der Waals surface area contributed by atoms with Gasteiger partial charge in [0.2, 0.25) is 0 Å². The lowest BCUT2D eigenvalue weighted by Gasteiger charge is -2.19. The van der Waals surface area contributed by atoms with Gasteiger partial charge < -0.3 is 10.0 Å². The summed E-state index contributed by atoms with van der Waals surface area (Å²) in [4.78, 5) is 15.5. The van der Waals surface area contributed by atoms with Gasteiger partial charge in [-0.05, 0) is 24.6 Å². The smallest absolute Gasteiger partial charge is 0.265 e. The average molecular weight is 245 g/mol. The van der Waals surface area contributed by atoms with Gasteiger partial charge in [0, 0.05) is 18.0 Å². The summed E-state index contributed by atoms with van der Waals surface area (Å²) < 4.78 is 0. The minimum atomic E-state index is 0.0134. The summed E-state index contributed by atoms with van der Waals surface area (Å²) >= 11 is 3.03. The Kier molecular flexibility index (Phi) is 5.14. The van der Waals surface area contributed by atoms with Gasteiger partial charge in [-0.2, -0.15) is 0 Å². The number of aliphatic hydroxyl groups is 1. The maximum atomic E-state index is 12.0. The SMILES string of the molecule is CCN(CCO)C(=O)c1sccc1SC. The average Bonchev–Trinajstić information content (AvgIpc) is 2.72. The zero-order valence-electron chi connectivity index (χ0n) is 8.90. The van der Waals surface area contributed by atoms with Crippen LogP contribution in [-0.4, -0.2) is 41.9 Å². The topological polar surface area (TPSA) is 40.5 Å². The van der Waals surface area contributed by atoms with Crippen molar-refractivity contribution in [3.63, 3.8) is 0 Å². The highest BCUT2D eigenvalue weighted by molar-refractivity contribution is 7.98. The number of amides is 1. The quantitative estimate of drug-likeness (QED) is 0.806. The molecule has 15 heavy (non-hydrogen) atoms. The molecule has 0 saturated carbocycles. The van der Waals surface area contributed by atoms with Crippen molar-refractivity contribution in [1.29, 1.82) is 0 Å². The zero-order chi connectivity index (χ0) is 11.3. The van der Waals surface area contributed by atoms with E-state index in [-0.39, 0.29) is 12.5 Å². The zero-order valence-corrected chi connectivity index (χ0v) is 10.5. The number of aliphatic hydroxyl groups excluding tert-OH is 1. The minimum Gasteiger partial charge on any atom is -0.395 e. The van der Waals surface area contributed by atoms with Gasteiger partial charge in [0.25, 0.3) is 5.91 Å². The van der Waals surface area contributed by atoms with E-state index >= 15 is 0 Å². The first-order chi connectivity index (χ1) is 7.24. The Labute approximate surface area is 98.1 Å². The number of nitrogens with zero attached hydrogens (tertiary/aromatic N) is 1. The molecule has 0 radical (unpaired) electrons. The number of hydrogen-bond acceptors (Lipinski definition) is 4. The molecule has 0 aromatic carbocycles. The van der Waals surface area contributed by atoms with Gasteiger partial charge in [-0.25, -0.2) is 0 Å². The normalized spacial score (nSPS) is 10.3.